The van der Waals surface area contributed by atoms with Crippen molar-refractivity contribution in [3.8, 4) is 17.2 Å². The molecule has 1 amide bonds. The van der Waals surface area contributed by atoms with E-state index >= 15 is 0 Å². The van der Waals surface area contributed by atoms with Gasteiger partial charge in [-0.25, -0.2) is 4.98 Å². The third-order valence-electron chi connectivity index (χ3n) is 4.57. The maximum Gasteiger partial charge on any atom is 0.253 e. The summed E-state index contributed by atoms with van der Waals surface area (Å²) in [5, 5.41) is 11.2. The monoisotopic (exact) mass is 409 g/mol. The Morgan fingerprint density at radius 1 is 1.17 bits per heavy atom. The highest BCUT2D eigenvalue weighted by Crippen LogP contribution is 2.33. The van der Waals surface area contributed by atoms with Crippen LogP contribution in [0.25, 0.3) is 0 Å². The molecule has 0 saturated carbocycles. The third kappa shape index (κ3) is 4.19. The molecule has 5 N–H and O–H groups in total. The van der Waals surface area contributed by atoms with Crippen LogP contribution in [-0.2, 0) is 6.54 Å². The smallest absolute Gasteiger partial charge is 0.253 e. The van der Waals surface area contributed by atoms with E-state index in [2.05, 4.69) is 15.3 Å². The number of H-pyrrole nitrogens is 1. The van der Waals surface area contributed by atoms with Crippen molar-refractivity contribution in [2.45, 2.75) is 6.54 Å². The number of nitrogen functional groups attached to an aromatic ring is 1. The van der Waals surface area contributed by atoms with E-state index in [1.807, 2.05) is 0 Å². The second kappa shape index (κ2) is 8.99. The lowest BCUT2D eigenvalue weighted by Crippen LogP contribution is -2.23. The van der Waals surface area contributed by atoms with Crippen LogP contribution in [-0.4, -0.2) is 42.9 Å². The van der Waals surface area contributed by atoms with Gasteiger partial charge >= 0.3 is 0 Å². The number of ether oxygens (including phenoxy) is 3. The third-order valence-corrected chi connectivity index (χ3v) is 4.57. The van der Waals surface area contributed by atoms with Gasteiger partial charge in [-0.2, -0.15) is 0 Å². The lowest BCUT2D eigenvalue weighted by atomic mass is 10.1. The SMILES string of the molecule is COc1cc(OC)c(CNC(=O)c2c[nH]c(C(=N)c3cccnc3N)c2)c(OC)c1. The van der Waals surface area contributed by atoms with E-state index in [0.29, 0.717) is 39.6 Å². The number of methoxy groups -OCH3 is 3. The largest absolute Gasteiger partial charge is 0.496 e. The molecule has 0 unspecified atom stereocenters. The molecular formula is C21H23N5O4. The molecular weight excluding hydrogens is 386 g/mol. The fraction of sp³-hybridized carbons (Fsp3) is 0.190. The summed E-state index contributed by atoms with van der Waals surface area (Å²) in [6.45, 7) is 0.183. The number of pyridine rings is 1. The highest BCUT2D eigenvalue weighted by molar-refractivity contribution is 6.13. The van der Waals surface area contributed by atoms with Crippen molar-refractivity contribution in [3.63, 3.8) is 0 Å². The standard InChI is InChI=1S/C21H23N5O4/c1-28-13-8-17(29-2)15(18(9-13)30-3)11-26-21(27)12-7-16(25-10-12)19(22)14-5-4-6-24-20(14)23/h4-10,22,25H,11H2,1-3H3,(H2,23,24)(H,26,27). The fourth-order valence-electron chi connectivity index (χ4n) is 2.97. The van der Waals surface area contributed by atoms with Gasteiger partial charge in [0.05, 0.1) is 50.4 Å². The highest BCUT2D eigenvalue weighted by Gasteiger charge is 2.17. The van der Waals surface area contributed by atoms with E-state index in [1.165, 1.54) is 20.4 Å². The Kier molecular flexibility index (Phi) is 6.21. The number of hydrogen-bond donors (Lipinski definition) is 4. The molecule has 0 aliphatic heterocycles. The molecule has 0 radical (unpaired) electrons. The minimum atomic E-state index is -0.315. The van der Waals surface area contributed by atoms with Gasteiger partial charge < -0.3 is 30.2 Å². The van der Waals surface area contributed by atoms with Crippen LogP contribution in [0.15, 0.2) is 42.7 Å². The number of benzene rings is 1. The Morgan fingerprint density at radius 2 is 1.87 bits per heavy atom. The number of anilines is 1. The van der Waals surface area contributed by atoms with E-state index in [9.17, 15) is 4.79 Å². The number of rotatable bonds is 8. The second-order valence-corrected chi connectivity index (χ2v) is 6.31. The van der Waals surface area contributed by atoms with Gasteiger partial charge in [0.25, 0.3) is 5.91 Å². The van der Waals surface area contributed by atoms with Gasteiger partial charge in [-0.15, -0.1) is 0 Å². The van der Waals surface area contributed by atoms with Crippen molar-refractivity contribution in [2.24, 2.45) is 0 Å². The molecule has 0 bridgehead atoms. The number of hydrogen-bond acceptors (Lipinski definition) is 7. The molecule has 30 heavy (non-hydrogen) atoms. The van der Waals surface area contributed by atoms with Crippen LogP contribution in [0, 0.1) is 5.41 Å². The molecule has 0 saturated heterocycles. The first-order chi connectivity index (χ1) is 14.5. The molecule has 9 heteroatoms. The van der Waals surface area contributed by atoms with Gasteiger partial charge in [0.1, 0.15) is 23.1 Å². The predicted molar refractivity (Wildman–Crippen MR) is 113 cm³/mol. The zero-order valence-corrected chi connectivity index (χ0v) is 16.9. The number of nitrogens with zero attached hydrogens (tertiary/aromatic N) is 1. The number of amides is 1. The first-order valence-electron chi connectivity index (χ1n) is 9.03. The Bertz CT molecular complexity index is 1050. The van der Waals surface area contributed by atoms with Gasteiger partial charge in [-0.3, -0.25) is 10.2 Å². The van der Waals surface area contributed by atoms with Gasteiger partial charge in [-0.05, 0) is 18.2 Å². The molecule has 0 atom stereocenters. The van der Waals surface area contributed by atoms with Gasteiger partial charge in [0.15, 0.2) is 0 Å². The topological polar surface area (TPSA) is 135 Å². The molecule has 156 valence electrons. The van der Waals surface area contributed by atoms with Crippen molar-refractivity contribution in [1.82, 2.24) is 15.3 Å². The normalized spacial score (nSPS) is 10.4. The average molecular weight is 409 g/mol. The molecule has 2 aromatic heterocycles. The van der Waals surface area contributed by atoms with Crippen LogP contribution in [0.4, 0.5) is 5.82 Å². The first-order valence-corrected chi connectivity index (χ1v) is 9.03. The maximum absolute atomic E-state index is 12.6. The molecule has 0 aliphatic rings. The van der Waals surface area contributed by atoms with Crippen molar-refractivity contribution >= 4 is 17.4 Å². The minimum absolute atomic E-state index is 0.151. The van der Waals surface area contributed by atoms with E-state index in [-0.39, 0.29) is 24.0 Å². The van der Waals surface area contributed by atoms with Crippen LogP contribution in [0.3, 0.4) is 0 Å². The number of nitrogens with one attached hydrogen (secondary N) is 3. The summed E-state index contributed by atoms with van der Waals surface area (Å²) in [7, 11) is 4.62. The quantitative estimate of drug-likeness (QED) is 0.422. The number of carbonyl (C=O) groups is 1. The molecule has 2 heterocycles. The zero-order chi connectivity index (χ0) is 21.7. The Morgan fingerprint density at radius 3 is 2.47 bits per heavy atom. The molecule has 0 fully saturated rings. The summed E-state index contributed by atoms with van der Waals surface area (Å²) in [5.41, 5.74) is 7.99. The maximum atomic E-state index is 12.6. The van der Waals surface area contributed by atoms with Crippen LogP contribution in [0.1, 0.15) is 27.2 Å². The fourth-order valence-corrected chi connectivity index (χ4v) is 2.97. The summed E-state index contributed by atoms with van der Waals surface area (Å²) < 4.78 is 16.0. The first kappa shape index (κ1) is 20.7. The molecule has 9 nitrogen and oxygen atoms in total. The van der Waals surface area contributed by atoms with Crippen LogP contribution >= 0.6 is 0 Å². The molecule has 0 spiro atoms. The van der Waals surface area contributed by atoms with Crippen molar-refractivity contribution < 1.29 is 19.0 Å². The predicted octanol–water partition coefficient (Wildman–Crippen LogP) is 2.36. The average Bonchev–Trinajstić information content (AvgIpc) is 3.27. The molecule has 1 aromatic carbocycles. The Balaban J connectivity index is 1.75. The van der Waals surface area contributed by atoms with Crippen LogP contribution in [0.2, 0.25) is 0 Å². The van der Waals surface area contributed by atoms with Gasteiger partial charge in [-0.1, -0.05) is 0 Å². The molecule has 3 rings (SSSR count). The van der Waals surface area contributed by atoms with Crippen molar-refractivity contribution in [3.05, 3.63) is 65.1 Å². The van der Waals surface area contributed by atoms with Crippen molar-refractivity contribution in [1.29, 1.82) is 5.41 Å². The number of aromatic nitrogens is 2. The van der Waals surface area contributed by atoms with E-state index in [0.717, 1.165) is 0 Å². The van der Waals surface area contributed by atoms with Gasteiger partial charge in [0, 0.05) is 30.1 Å². The minimum Gasteiger partial charge on any atom is -0.496 e. The van der Waals surface area contributed by atoms with Crippen LogP contribution < -0.4 is 25.3 Å². The van der Waals surface area contributed by atoms with Gasteiger partial charge in [0.2, 0.25) is 0 Å². The molecule has 0 aliphatic carbocycles. The number of nitrogens with two attached hydrogens (primary N) is 1. The highest BCUT2D eigenvalue weighted by atomic mass is 16.5. The Labute approximate surface area is 173 Å². The number of carbonyl (C=O) groups excluding carboxylic acids is 1. The summed E-state index contributed by atoms with van der Waals surface area (Å²) in [6, 6.07) is 8.43. The second-order valence-electron chi connectivity index (χ2n) is 6.31. The summed E-state index contributed by atoms with van der Waals surface area (Å²) in [4.78, 5) is 19.6. The Hall–Kier alpha value is -4.01. The van der Waals surface area contributed by atoms with Crippen LogP contribution in [0.5, 0.6) is 17.2 Å². The van der Waals surface area contributed by atoms with E-state index in [1.54, 1.807) is 43.6 Å². The lowest BCUT2D eigenvalue weighted by molar-refractivity contribution is 0.0950. The lowest BCUT2D eigenvalue weighted by Gasteiger charge is -2.15. The summed E-state index contributed by atoms with van der Waals surface area (Å²) in [5.74, 6) is 1.60. The summed E-state index contributed by atoms with van der Waals surface area (Å²) >= 11 is 0. The van der Waals surface area contributed by atoms with Crippen molar-refractivity contribution in [2.75, 3.05) is 27.1 Å². The van der Waals surface area contributed by atoms with E-state index < -0.39 is 0 Å². The number of aromatic amines is 1. The van der Waals surface area contributed by atoms with E-state index in [4.69, 9.17) is 25.4 Å². The zero-order valence-electron chi connectivity index (χ0n) is 16.9. The summed E-state index contributed by atoms with van der Waals surface area (Å²) in [6.07, 6.45) is 3.09. The molecule has 3 aromatic rings.